The van der Waals surface area contributed by atoms with Gasteiger partial charge in [-0.2, -0.15) is 0 Å². The quantitative estimate of drug-likeness (QED) is 0.371. The average molecular weight is 414 g/mol. The van der Waals surface area contributed by atoms with Crippen molar-refractivity contribution >= 4 is 11.9 Å². The molecular formula is C24H39N5O. The van der Waals surface area contributed by atoms with Crippen LogP contribution in [-0.2, 0) is 17.9 Å². The van der Waals surface area contributed by atoms with Crippen LogP contribution in [0, 0.1) is 5.92 Å². The zero-order valence-electron chi connectivity index (χ0n) is 18.8. The first kappa shape index (κ1) is 22.6. The summed E-state index contributed by atoms with van der Waals surface area (Å²) < 4.78 is 0. The van der Waals surface area contributed by atoms with Crippen LogP contribution in [0.15, 0.2) is 29.3 Å². The second-order valence-electron chi connectivity index (χ2n) is 8.74. The van der Waals surface area contributed by atoms with Crippen molar-refractivity contribution in [2.75, 3.05) is 39.3 Å². The van der Waals surface area contributed by atoms with Gasteiger partial charge in [-0.15, -0.1) is 0 Å². The van der Waals surface area contributed by atoms with Crippen molar-refractivity contribution in [1.82, 2.24) is 20.4 Å². The molecule has 3 rings (SSSR count). The summed E-state index contributed by atoms with van der Waals surface area (Å²) in [6, 6.07) is 8.46. The van der Waals surface area contributed by atoms with Gasteiger partial charge in [-0.05, 0) is 69.3 Å². The molecule has 1 aromatic carbocycles. The predicted octanol–water partition coefficient (Wildman–Crippen LogP) is 2.99. The Kier molecular flexibility index (Phi) is 9.00. The highest BCUT2D eigenvalue weighted by Crippen LogP contribution is 2.16. The molecule has 2 saturated heterocycles. The molecule has 166 valence electrons. The smallest absolute Gasteiger partial charge is 0.222 e. The molecule has 0 unspecified atom stereocenters. The largest absolute Gasteiger partial charge is 0.357 e. The first-order chi connectivity index (χ1) is 14.6. The first-order valence-electron chi connectivity index (χ1n) is 11.7. The molecule has 0 atom stereocenters. The van der Waals surface area contributed by atoms with Crippen molar-refractivity contribution in [3.8, 4) is 0 Å². The molecule has 0 spiro atoms. The number of guanidine groups is 1. The van der Waals surface area contributed by atoms with Gasteiger partial charge in [-0.1, -0.05) is 31.2 Å². The summed E-state index contributed by atoms with van der Waals surface area (Å²) >= 11 is 0. The Morgan fingerprint density at radius 3 is 2.70 bits per heavy atom. The molecule has 0 aromatic heterocycles. The van der Waals surface area contributed by atoms with Crippen molar-refractivity contribution in [3.05, 3.63) is 35.4 Å². The molecule has 6 nitrogen and oxygen atoms in total. The highest BCUT2D eigenvalue weighted by atomic mass is 16.2. The molecule has 2 N–H and O–H groups in total. The SMILES string of the molecule is CCNC(=NCc1cccc(CN2CCCC2=O)c1)NCCCN1CCC(C)CC1. The van der Waals surface area contributed by atoms with Crippen LogP contribution in [0.3, 0.4) is 0 Å². The number of nitrogens with one attached hydrogen (secondary N) is 2. The van der Waals surface area contributed by atoms with Crippen LogP contribution in [0.2, 0.25) is 0 Å². The van der Waals surface area contributed by atoms with Crippen LogP contribution in [-0.4, -0.2) is 60.9 Å². The summed E-state index contributed by atoms with van der Waals surface area (Å²) in [5, 5.41) is 6.83. The normalized spacial score (nSPS) is 18.8. The van der Waals surface area contributed by atoms with E-state index in [2.05, 4.69) is 53.6 Å². The molecule has 2 aliphatic rings. The number of amides is 1. The zero-order chi connectivity index (χ0) is 21.2. The lowest BCUT2D eigenvalue weighted by Crippen LogP contribution is -2.39. The Morgan fingerprint density at radius 2 is 1.97 bits per heavy atom. The van der Waals surface area contributed by atoms with Crippen molar-refractivity contribution in [2.45, 2.75) is 59.0 Å². The highest BCUT2D eigenvalue weighted by Gasteiger charge is 2.20. The minimum atomic E-state index is 0.274. The van der Waals surface area contributed by atoms with E-state index in [1.54, 1.807) is 0 Å². The summed E-state index contributed by atoms with van der Waals surface area (Å²) in [5.74, 6) is 2.04. The van der Waals surface area contributed by atoms with Crippen LogP contribution < -0.4 is 10.6 Å². The number of hydrogen-bond acceptors (Lipinski definition) is 3. The summed E-state index contributed by atoms with van der Waals surface area (Å²) in [6.07, 6.45) is 5.49. The fourth-order valence-electron chi connectivity index (χ4n) is 4.23. The average Bonchev–Trinajstić information content (AvgIpc) is 3.15. The van der Waals surface area contributed by atoms with Crippen LogP contribution in [0.5, 0.6) is 0 Å². The number of piperidine rings is 1. The van der Waals surface area contributed by atoms with E-state index in [0.29, 0.717) is 19.5 Å². The molecule has 0 bridgehead atoms. The number of nitrogens with zero attached hydrogens (tertiary/aromatic N) is 3. The van der Waals surface area contributed by atoms with Crippen molar-refractivity contribution in [3.63, 3.8) is 0 Å². The fraction of sp³-hybridized carbons (Fsp3) is 0.667. The third kappa shape index (κ3) is 7.31. The van der Waals surface area contributed by atoms with E-state index in [0.717, 1.165) is 50.9 Å². The van der Waals surface area contributed by atoms with E-state index in [-0.39, 0.29) is 5.91 Å². The van der Waals surface area contributed by atoms with Gasteiger partial charge in [0.15, 0.2) is 5.96 Å². The lowest BCUT2D eigenvalue weighted by atomic mass is 9.99. The number of hydrogen-bond donors (Lipinski definition) is 2. The lowest BCUT2D eigenvalue weighted by Gasteiger charge is -2.30. The maximum absolute atomic E-state index is 11.9. The Morgan fingerprint density at radius 1 is 1.17 bits per heavy atom. The number of carbonyl (C=O) groups excluding carboxylic acids is 1. The third-order valence-corrected chi connectivity index (χ3v) is 6.12. The molecule has 0 radical (unpaired) electrons. The van der Waals surface area contributed by atoms with Gasteiger partial charge >= 0.3 is 0 Å². The molecule has 6 heteroatoms. The number of likely N-dealkylation sites (tertiary alicyclic amines) is 2. The summed E-state index contributed by atoms with van der Waals surface area (Å²) in [5.41, 5.74) is 2.37. The number of benzene rings is 1. The van der Waals surface area contributed by atoms with Gasteiger partial charge in [-0.25, -0.2) is 4.99 Å². The monoisotopic (exact) mass is 413 g/mol. The predicted molar refractivity (Wildman–Crippen MR) is 123 cm³/mol. The Balaban J connectivity index is 1.44. The molecule has 2 aliphatic heterocycles. The van der Waals surface area contributed by atoms with E-state index in [1.165, 1.54) is 37.1 Å². The Labute approximate surface area is 182 Å². The van der Waals surface area contributed by atoms with E-state index in [9.17, 15) is 4.79 Å². The van der Waals surface area contributed by atoms with Crippen molar-refractivity contribution in [1.29, 1.82) is 0 Å². The Bertz CT molecular complexity index is 697. The Hall–Kier alpha value is -2.08. The van der Waals surface area contributed by atoms with Crippen LogP contribution in [0.25, 0.3) is 0 Å². The maximum Gasteiger partial charge on any atom is 0.222 e. The first-order valence-corrected chi connectivity index (χ1v) is 11.7. The van der Waals surface area contributed by atoms with Crippen molar-refractivity contribution < 1.29 is 4.79 Å². The van der Waals surface area contributed by atoms with Gasteiger partial charge in [-0.3, -0.25) is 4.79 Å². The highest BCUT2D eigenvalue weighted by molar-refractivity contribution is 5.79. The summed E-state index contributed by atoms with van der Waals surface area (Å²) in [6.45, 7) is 12.1. The molecule has 1 aromatic rings. The van der Waals surface area contributed by atoms with Crippen LogP contribution in [0.4, 0.5) is 0 Å². The number of carbonyl (C=O) groups is 1. The second-order valence-corrected chi connectivity index (χ2v) is 8.74. The van der Waals surface area contributed by atoms with E-state index in [1.807, 2.05) is 4.90 Å². The molecule has 2 heterocycles. The molecule has 0 aliphatic carbocycles. The molecular weight excluding hydrogens is 374 g/mol. The van der Waals surface area contributed by atoms with Gasteiger partial charge in [0, 0.05) is 32.6 Å². The van der Waals surface area contributed by atoms with Crippen molar-refractivity contribution in [2.24, 2.45) is 10.9 Å². The maximum atomic E-state index is 11.9. The number of rotatable bonds is 9. The van der Waals surface area contributed by atoms with E-state index >= 15 is 0 Å². The number of aliphatic imine (C=N–C) groups is 1. The van der Waals surface area contributed by atoms with Gasteiger partial charge in [0.2, 0.25) is 5.91 Å². The minimum Gasteiger partial charge on any atom is -0.357 e. The van der Waals surface area contributed by atoms with Gasteiger partial charge in [0.1, 0.15) is 0 Å². The van der Waals surface area contributed by atoms with Gasteiger partial charge in [0.05, 0.1) is 6.54 Å². The molecule has 0 saturated carbocycles. The van der Waals surface area contributed by atoms with Gasteiger partial charge in [0.25, 0.3) is 0 Å². The standard InChI is InChI=1S/C24H39N5O/c1-3-25-24(26-12-6-13-28-15-10-20(2)11-16-28)27-18-21-7-4-8-22(17-21)19-29-14-5-9-23(29)30/h4,7-8,17,20H,3,5-6,9-16,18-19H2,1-2H3,(H2,25,26,27). The van der Waals surface area contributed by atoms with E-state index < -0.39 is 0 Å². The molecule has 1 amide bonds. The van der Waals surface area contributed by atoms with Gasteiger partial charge < -0.3 is 20.4 Å². The minimum absolute atomic E-state index is 0.274. The zero-order valence-corrected chi connectivity index (χ0v) is 18.8. The lowest BCUT2D eigenvalue weighted by molar-refractivity contribution is -0.128. The molecule has 30 heavy (non-hydrogen) atoms. The molecule has 2 fully saturated rings. The van der Waals surface area contributed by atoms with E-state index in [4.69, 9.17) is 4.99 Å². The second kappa shape index (κ2) is 11.9. The summed E-state index contributed by atoms with van der Waals surface area (Å²) in [4.78, 5) is 21.2. The third-order valence-electron chi connectivity index (χ3n) is 6.12. The van der Waals surface area contributed by atoms with Crippen LogP contribution >= 0.6 is 0 Å². The fourth-order valence-corrected chi connectivity index (χ4v) is 4.23. The topological polar surface area (TPSA) is 60.0 Å². The summed E-state index contributed by atoms with van der Waals surface area (Å²) in [7, 11) is 0. The van der Waals surface area contributed by atoms with Crippen LogP contribution in [0.1, 0.15) is 57.1 Å².